The topological polar surface area (TPSA) is 95.5 Å². The smallest absolute Gasteiger partial charge is 0.351 e. The molecule has 1 spiro atoms. The highest BCUT2D eigenvalue weighted by Crippen LogP contribution is 2.60. The van der Waals surface area contributed by atoms with Crippen molar-refractivity contribution in [2.75, 3.05) is 31.7 Å². The van der Waals surface area contributed by atoms with Gasteiger partial charge in [-0.15, -0.1) is 11.3 Å². The lowest BCUT2D eigenvalue weighted by Crippen LogP contribution is -2.53. The molecule has 2 aromatic heterocycles. The van der Waals surface area contributed by atoms with E-state index in [1.807, 2.05) is 0 Å². The van der Waals surface area contributed by atoms with Crippen molar-refractivity contribution >= 4 is 33.2 Å². The summed E-state index contributed by atoms with van der Waals surface area (Å²) in [4.78, 5) is 23.9. The Kier molecular flexibility index (Phi) is 5.46. The van der Waals surface area contributed by atoms with Crippen LogP contribution in [0.15, 0.2) is 6.20 Å². The molecular weight excluding hydrogens is 510 g/mol. The van der Waals surface area contributed by atoms with Crippen LogP contribution in [0.4, 0.5) is 23.5 Å². The summed E-state index contributed by atoms with van der Waals surface area (Å²) in [5, 5.41) is 2.66. The van der Waals surface area contributed by atoms with Crippen LogP contribution in [-0.2, 0) is 15.6 Å². The van der Waals surface area contributed by atoms with Crippen molar-refractivity contribution in [3.05, 3.63) is 28.0 Å². The third kappa shape index (κ3) is 3.89. The van der Waals surface area contributed by atoms with Crippen LogP contribution in [0.1, 0.15) is 40.1 Å². The summed E-state index contributed by atoms with van der Waals surface area (Å²) >= 11 is 1.28. The molecule has 2 aliphatic heterocycles. The van der Waals surface area contributed by atoms with Gasteiger partial charge in [-0.25, -0.2) is 27.1 Å². The van der Waals surface area contributed by atoms with E-state index < -0.39 is 40.5 Å². The first-order valence-electron chi connectivity index (χ1n) is 11.0. The Labute approximate surface area is 203 Å². The quantitative estimate of drug-likeness (QED) is 0.606. The van der Waals surface area contributed by atoms with E-state index in [4.69, 9.17) is 0 Å². The number of halogens is 4. The minimum absolute atomic E-state index is 0.0808. The third-order valence-corrected chi connectivity index (χ3v) is 9.95. The first kappa shape index (κ1) is 24.4. The molecule has 8 nitrogen and oxygen atoms in total. The van der Waals surface area contributed by atoms with Gasteiger partial charge in [-0.1, -0.05) is 0 Å². The van der Waals surface area contributed by atoms with Crippen LogP contribution < -0.4 is 5.32 Å². The lowest BCUT2D eigenvalue weighted by Gasteiger charge is -2.38. The molecule has 1 N–H and O–H groups in total. The molecule has 14 heteroatoms. The Morgan fingerprint density at radius 3 is 2.57 bits per heavy atom. The molecule has 0 aromatic carbocycles. The number of alkyl halides is 3. The Morgan fingerprint density at radius 2 is 1.97 bits per heavy atom. The monoisotopic (exact) mass is 533 g/mol. The number of hydrogen-bond donors (Lipinski definition) is 1. The number of fused-ring (bicyclic) bond motifs is 2. The van der Waals surface area contributed by atoms with Crippen molar-refractivity contribution in [1.82, 2.24) is 19.2 Å². The van der Waals surface area contributed by atoms with E-state index in [2.05, 4.69) is 15.3 Å². The highest BCUT2D eigenvalue weighted by atomic mass is 32.2. The maximum Gasteiger partial charge on any atom is 0.395 e. The van der Waals surface area contributed by atoms with Gasteiger partial charge in [0.05, 0.1) is 34.4 Å². The third-order valence-electron chi connectivity index (χ3n) is 7.19. The molecule has 190 valence electrons. The van der Waals surface area contributed by atoms with Gasteiger partial charge in [0.15, 0.2) is 5.82 Å². The summed E-state index contributed by atoms with van der Waals surface area (Å²) in [6.45, 7) is 0.904. The first-order chi connectivity index (χ1) is 16.2. The van der Waals surface area contributed by atoms with Crippen LogP contribution >= 0.6 is 11.3 Å². The van der Waals surface area contributed by atoms with Crippen LogP contribution in [0.25, 0.3) is 10.6 Å². The molecule has 0 unspecified atom stereocenters. The van der Waals surface area contributed by atoms with Crippen LogP contribution in [-0.4, -0.2) is 72.1 Å². The predicted octanol–water partition coefficient (Wildman–Crippen LogP) is 3.35. The standard InChI is InChI=1S/C21H23F4N5O3S2/c1-10-14-17(20(5-6-20)29(2)18(14)31)34-16(10)15-12(22)8-26-19(28-15)27-13-4-7-30(35(3,32)33)9-11(13)21(23,24)25/h8,11,13H,4-7,9H2,1-3H3,(H,26,27,28)/t11-,13+/m0/s1. The summed E-state index contributed by atoms with van der Waals surface area (Å²) < 4.78 is 80.5. The van der Waals surface area contributed by atoms with Gasteiger partial charge >= 0.3 is 6.18 Å². The molecule has 2 fully saturated rings. The second kappa shape index (κ2) is 7.84. The summed E-state index contributed by atoms with van der Waals surface area (Å²) in [6.07, 6.45) is -1.37. The van der Waals surface area contributed by atoms with Gasteiger partial charge in [0, 0.05) is 31.1 Å². The van der Waals surface area contributed by atoms with Gasteiger partial charge in [-0.3, -0.25) is 4.79 Å². The fourth-order valence-electron chi connectivity index (χ4n) is 5.01. The number of nitrogens with zero attached hydrogens (tertiary/aromatic N) is 4. The van der Waals surface area contributed by atoms with Crippen LogP contribution in [0.5, 0.6) is 0 Å². The lowest BCUT2D eigenvalue weighted by atomic mass is 9.93. The van der Waals surface area contributed by atoms with Crippen molar-refractivity contribution in [2.45, 2.75) is 43.9 Å². The first-order valence-corrected chi connectivity index (χ1v) is 13.6. The van der Waals surface area contributed by atoms with Crippen molar-refractivity contribution < 1.29 is 30.8 Å². The fourth-order valence-corrected chi connectivity index (χ4v) is 7.45. The summed E-state index contributed by atoms with van der Waals surface area (Å²) in [7, 11) is -2.03. The number of nitrogens with one attached hydrogen (secondary N) is 1. The number of carbonyl (C=O) groups excluding carboxylic acids is 1. The Hall–Kier alpha value is -2.32. The average Bonchev–Trinajstić information content (AvgIpc) is 3.46. The number of rotatable bonds is 4. The van der Waals surface area contributed by atoms with E-state index in [9.17, 15) is 30.8 Å². The van der Waals surface area contributed by atoms with Gasteiger partial charge in [0.1, 0.15) is 5.69 Å². The number of thiophene rings is 1. The number of piperidine rings is 1. The largest absolute Gasteiger partial charge is 0.395 e. The zero-order chi connectivity index (χ0) is 25.5. The zero-order valence-electron chi connectivity index (χ0n) is 19.1. The van der Waals surface area contributed by atoms with Gasteiger partial charge in [0.25, 0.3) is 5.91 Å². The Bertz CT molecular complexity index is 1320. The minimum atomic E-state index is -4.67. The van der Waals surface area contributed by atoms with E-state index in [-0.39, 0.29) is 36.1 Å². The normalized spacial score (nSPS) is 24.2. The summed E-state index contributed by atoms with van der Waals surface area (Å²) in [5.41, 5.74) is 0.701. The molecule has 1 aliphatic carbocycles. The molecule has 0 radical (unpaired) electrons. The summed E-state index contributed by atoms with van der Waals surface area (Å²) in [5.74, 6) is -3.05. The van der Waals surface area contributed by atoms with E-state index in [0.717, 1.165) is 34.5 Å². The molecule has 1 saturated heterocycles. The molecule has 2 atom stereocenters. The maximum absolute atomic E-state index is 14.8. The van der Waals surface area contributed by atoms with E-state index >= 15 is 0 Å². The fraction of sp³-hybridized carbons (Fsp3) is 0.571. The Balaban J connectivity index is 1.46. The van der Waals surface area contributed by atoms with Gasteiger partial charge in [0.2, 0.25) is 16.0 Å². The van der Waals surface area contributed by atoms with Gasteiger partial charge in [-0.05, 0) is 31.7 Å². The van der Waals surface area contributed by atoms with Gasteiger partial charge in [-0.2, -0.15) is 13.2 Å². The number of amides is 1. The molecule has 2 aromatic rings. The molecule has 1 saturated carbocycles. The minimum Gasteiger partial charge on any atom is -0.351 e. The molecule has 4 heterocycles. The summed E-state index contributed by atoms with van der Waals surface area (Å²) in [6, 6.07) is -1.19. The Morgan fingerprint density at radius 1 is 1.29 bits per heavy atom. The molecule has 5 rings (SSSR count). The molecular formula is C21H23F4N5O3S2. The van der Waals surface area contributed by atoms with E-state index in [0.29, 0.717) is 16.0 Å². The van der Waals surface area contributed by atoms with Crippen LogP contribution in [0.3, 0.4) is 0 Å². The number of aromatic nitrogens is 2. The predicted molar refractivity (Wildman–Crippen MR) is 121 cm³/mol. The molecule has 0 bridgehead atoms. The lowest BCUT2D eigenvalue weighted by molar-refractivity contribution is -0.185. The van der Waals surface area contributed by atoms with Crippen LogP contribution in [0, 0.1) is 18.7 Å². The van der Waals surface area contributed by atoms with Crippen molar-refractivity contribution in [1.29, 1.82) is 0 Å². The number of hydrogen-bond acceptors (Lipinski definition) is 7. The van der Waals surface area contributed by atoms with Gasteiger partial charge < -0.3 is 10.2 Å². The maximum atomic E-state index is 14.8. The van der Waals surface area contributed by atoms with E-state index in [1.165, 1.54) is 11.3 Å². The average molecular weight is 534 g/mol. The number of carbonyl (C=O) groups is 1. The van der Waals surface area contributed by atoms with Crippen molar-refractivity contribution in [3.8, 4) is 10.6 Å². The second-order valence-corrected chi connectivity index (χ2v) is 12.4. The second-order valence-electron chi connectivity index (χ2n) is 9.35. The number of sulfonamides is 1. The van der Waals surface area contributed by atoms with E-state index in [1.54, 1.807) is 18.9 Å². The van der Waals surface area contributed by atoms with Crippen molar-refractivity contribution in [2.24, 2.45) is 5.92 Å². The number of anilines is 1. The molecule has 35 heavy (non-hydrogen) atoms. The van der Waals surface area contributed by atoms with Crippen LogP contribution in [0.2, 0.25) is 0 Å². The molecule has 1 amide bonds. The zero-order valence-corrected chi connectivity index (χ0v) is 20.7. The highest BCUT2D eigenvalue weighted by molar-refractivity contribution is 7.88. The highest BCUT2D eigenvalue weighted by Gasteiger charge is 2.58. The SMILES string of the molecule is Cc1c(-c2nc(N[C@@H]3CCN(S(C)(=O)=O)C[C@@H]3C(F)(F)F)ncc2F)sc2c1C(=O)N(C)C21CC1. The van der Waals surface area contributed by atoms with Crippen molar-refractivity contribution in [3.63, 3.8) is 0 Å². The molecule has 3 aliphatic rings.